The van der Waals surface area contributed by atoms with Crippen molar-refractivity contribution in [2.45, 2.75) is 32.0 Å². The maximum absolute atomic E-state index is 5.55. The van der Waals surface area contributed by atoms with E-state index in [-0.39, 0.29) is 0 Å². The molecule has 1 aromatic heterocycles. The molecule has 2 rings (SSSR count). The molecule has 1 aliphatic rings. The quantitative estimate of drug-likeness (QED) is 0.861. The molecular weight excluding hydrogens is 222 g/mol. The Morgan fingerprint density at radius 3 is 2.88 bits per heavy atom. The molecule has 0 spiro atoms. The Balaban J connectivity index is 1.82. The highest BCUT2D eigenvalue weighted by atomic mass is 32.1. The van der Waals surface area contributed by atoms with E-state index in [0.717, 1.165) is 43.2 Å². The summed E-state index contributed by atoms with van der Waals surface area (Å²) in [6, 6.07) is 0. The van der Waals surface area contributed by atoms with Crippen LogP contribution in [0, 0.1) is 0 Å². The van der Waals surface area contributed by atoms with Gasteiger partial charge in [0.1, 0.15) is 5.01 Å². The standard InChI is InChI=1S/C11H19N3OS/c1-15-10-2-4-14(5-3-10)7-9-8-16-11(6-12)13-9/h8,10H,2-7,12H2,1H3. The number of methoxy groups -OCH3 is 1. The lowest BCUT2D eigenvalue weighted by atomic mass is 10.1. The third-order valence-electron chi connectivity index (χ3n) is 3.03. The summed E-state index contributed by atoms with van der Waals surface area (Å²) < 4.78 is 5.35. The number of thiazole rings is 1. The second-order valence-corrected chi connectivity index (χ2v) is 5.09. The molecule has 0 amide bonds. The van der Waals surface area contributed by atoms with Crippen LogP contribution in [0.25, 0.3) is 0 Å². The minimum absolute atomic E-state index is 0.450. The molecule has 1 saturated heterocycles. The molecule has 0 aromatic carbocycles. The van der Waals surface area contributed by atoms with Gasteiger partial charge in [-0.2, -0.15) is 0 Å². The highest BCUT2D eigenvalue weighted by molar-refractivity contribution is 7.09. The number of hydrogen-bond acceptors (Lipinski definition) is 5. The number of piperidine rings is 1. The normalized spacial score (nSPS) is 19.1. The van der Waals surface area contributed by atoms with E-state index in [0.29, 0.717) is 12.6 Å². The first-order chi connectivity index (χ1) is 7.81. The Morgan fingerprint density at radius 1 is 1.56 bits per heavy atom. The van der Waals surface area contributed by atoms with Crippen LogP contribution in [0.2, 0.25) is 0 Å². The van der Waals surface area contributed by atoms with E-state index >= 15 is 0 Å². The van der Waals surface area contributed by atoms with Gasteiger partial charge in [0.25, 0.3) is 0 Å². The Morgan fingerprint density at radius 2 is 2.31 bits per heavy atom. The zero-order valence-corrected chi connectivity index (χ0v) is 10.5. The first kappa shape index (κ1) is 12.0. The predicted octanol–water partition coefficient (Wildman–Crippen LogP) is 1.21. The van der Waals surface area contributed by atoms with Gasteiger partial charge in [-0.3, -0.25) is 4.90 Å². The fourth-order valence-electron chi connectivity index (χ4n) is 2.05. The van der Waals surface area contributed by atoms with Crippen molar-refractivity contribution in [2.24, 2.45) is 5.73 Å². The summed E-state index contributed by atoms with van der Waals surface area (Å²) >= 11 is 1.66. The van der Waals surface area contributed by atoms with Crippen LogP contribution in [0.5, 0.6) is 0 Å². The summed E-state index contributed by atoms with van der Waals surface area (Å²) in [5.41, 5.74) is 6.70. The predicted molar refractivity (Wildman–Crippen MR) is 65.3 cm³/mol. The van der Waals surface area contributed by atoms with Gasteiger partial charge >= 0.3 is 0 Å². The molecular formula is C11H19N3OS. The van der Waals surface area contributed by atoms with Gasteiger partial charge in [0.15, 0.2) is 0 Å². The number of hydrogen-bond donors (Lipinski definition) is 1. The van der Waals surface area contributed by atoms with Crippen molar-refractivity contribution in [3.8, 4) is 0 Å². The highest BCUT2D eigenvalue weighted by Gasteiger charge is 2.19. The molecule has 0 unspecified atom stereocenters. The second kappa shape index (κ2) is 5.72. The molecule has 1 fully saturated rings. The van der Waals surface area contributed by atoms with Gasteiger partial charge in [-0.15, -0.1) is 11.3 Å². The lowest BCUT2D eigenvalue weighted by Crippen LogP contribution is -2.36. The SMILES string of the molecule is COC1CCN(Cc2csc(CN)n2)CC1. The molecule has 0 radical (unpaired) electrons. The summed E-state index contributed by atoms with van der Waals surface area (Å²) in [4.78, 5) is 6.92. The average molecular weight is 241 g/mol. The Labute approximate surface area is 100 Å². The minimum Gasteiger partial charge on any atom is -0.381 e. The van der Waals surface area contributed by atoms with Crippen LogP contribution in [0.3, 0.4) is 0 Å². The largest absolute Gasteiger partial charge is 0.381 e. The number of nitrogens with two attached hydrogens (primary N) is 1. The topological polar surface area (TPSA) is 51.4 Å². The second-order valence-electron chi connectivity index (χ2n) is 4.15. The third kappa shape index (κ3) is 3.01. The van der Waals surface area contributed by atoms with E-state index in [1.165, 1.54) is 0 Å². The van der Waals surface area contributed by atoms with Gasteiger partial charge in [-0.05, 0) is 12.8 Å². The van der Waals surface area contributed by atoms with Crippen LogP contribution in [0.4, 0.5) is 0 Å². The lowest BCUT2D eigenvalue weighted by Gasteiger charge is -2.30. The summed E-state index contributed by atoms with van der Waals surface area (Å²) in [5.74, 6) is 0. The number of nitrogens with zero attached hydrogens (tertiary/aromatic N) is 2. The molecule has 0 bridgehead atoms. The first-order valence-electron chi connectivity index (χ1n) is 5.70. The Kier molecular flexibility index (Phi) is 4.29. The molecule has 0 saturated carbocycles. The number of aromatic nitrogens is 1. The maximum atomic E-state index is 5.55. The van der Waals surface area contributed by atoms with Crippen molar-refractivity contribution < 1.29 is 4.74 Å². The highest BCUT2D eigenvalue weighted by Crippen LogP contribution is 2.16. The molecule has 5 heteroatoms. The third-order valence-corrected chi connectivity index (χ3v) is 3.95. The smallest absolute Gasteiger partial charge is 0.106 e. The van der Waals surface area contributed by atoms with Crippen molar-refractivity contribution in [2.75, 3.05) is 20.2 Å². The van der Waals surface area contributed by atoms with Crippen molar-refractivity contribution in [1.82, 2.24) is 9.88 Å². The summed E-state index contributed by atoms with van der Waals surface area (Å²) in [6.07, 6.45) is 2.71. The summed E-state index contributed by atoms with van der Waals surface area (Å²) in [6.45, 7) is 3.71. The van der Waals surface area contributed by atoms with Gasteiger partial charge in [-0.25, -0.2) is 4.98 Å². The fraction of sp³-hybridized carbons (Fsp3) is 0.727. The van der Waals surface area contributed by atoms with Gasteiger partial charge < -0.3 is 10.5 Å². The molecule has 1 aliphatic heterocycles. The Hall–Kier alpha value is -0.490. The fourth-order valence-corrected chi connectivity index (χ4v) is 2.71. The van der Waals surface area contributed by atoms with Crippen LogP contribution in [0.15, 0.2) is 5.38 Å². The zero-order valence-electron chi connectivity index (χ0n) is 9.69. The van der Waals surface area contributed by atoms with Gasteiger partial charge in [-0.1, -0.05) is 0 Å². The molecule has 4 nitrogen and oxygen atoms in total. The molecule has 1 aromatic rings. The Bertz CT molecular complexity index is 321. The number of likely N-dealkylation sites (tertiary alicyclic amines) is 1. The summed E-state index contributed by atoms with van der Waals surface area (Å²) in [5, 5.41) is 3.15. The molecule has 0 aliphatic carbocycles. The first-order valence-corrected chi connectivity index (χ1v) is 6.58. The molecule has 16 heavy (non-hydrogen) atoms. The van der Waals surface area contributed by atoms with Crippen LogP contribution >= 0.6 is 11.3 Å². The van der Waals surface area contributed by atoms with E-state index in [1.807, 2.05) is 0 Å². The maximum Gasteiger partial charge on any atom is 0.106 e. The van der Waals surface area contributed by atoms with Crippen LogP contribution in [0.1, 0.15) is 23.5 Å². The molecule has 90 valence electrons. The summed E-state index contributed by atoms with van der Waals surface area (Å²) in [7, 11) is 1.80. The number of ether oxygens (including phenoxy) is 1. The van der Waals surface area contributed by atoms with Crippen molar-refractivity contribution in [1.29, 1.82) is 0 Å². The van der Waals surface area contributed by atoms with Crippen molar-refractivity contribution >= 4 is 11.3 Å². The van der Waals surface area contributed by atoms with E-state index in [1.54, 1.807) is 18.4 Å². The van der Waals surface area contributed by atoms with Gasteiger partial charge in [0, 0.05) is 38.7 Å². The average Bonchev–Trinajstić information content (AvgIpc) is 2.78. The van der Waals surface area contributed by atoms with E-state index in [4.69, 9.17) is 10.5 Å². The van der Waals surface area contributed by atoms with Crippen molar-refractivity contribution in [3.63, 3.8) is 0 Å². The van der Waals surface area contributed by atoms with E-state index < -0.39 is 0 Å². The monoisotopic (exact) mass is 241 g/mol. The molecule has 2 heterocycles. The molecule has 2 N–H and O–H groups in total. The van der Waals surface area contributed by atoms with Crippen LogP contribution in [-0.4, -0.2) is 36.2 Å². The minimum atomic E-state index is 0.450. The van der Waals surface area contributed by atoms with Crippen LogP contribution < -0.4 is 5.73 Å². The zero-order chi connectivity index (χ0) is 11.4. The van der Waals surface area contributed by atoms with Crippen LogP contribution in [-0.2, 0) is 17.8 Å². The molecule has 0 atom stereocenters. The van der Waals surface area contributed by atoms with E-state index in [2.05, 4.69) is 15.3 Å². The van der Waals surface area contributed by atoms with Gasteiger partial charge in [0.05, 0.1) is 11.8 Å². The van der Waals surface area contributed by atoms with Gasteiger partial charge in [0.2, 0.25) is 0 Å². The lowest BCUT2D eigenvalue weighted by molar-refractivity contribution is 0.0385. The van der Waals surface area contributed by atoms with E-state index in [9.17, 15) is 0 Å². The number of rotatable bonds is 4. The van der Waals surface area contributed by atoms with Crippen molar-refractivity contribution in [3.05, 3.63) is 16.1 Å².